The lowest BCUT2D eigenvalue weighted by atomic mass is 9.77. The lowest BCUT2D eigenvalue weighted by Crippen LogP contribution is -2.40. The zero-order valence-electron chi connectivity index (χ0n) is 40.6. The van der Waals surface area contributed by atoms with Gasteiger partial charge in [-0.3, -0.25) is 0 Å². The van der Waals surface area contributed by atoms with Crippen LogP contribution in [0.15, 0.2) is 121 Å². The summed E-state index contributed by atoms with van der Waals surface area (Å²) in [5, 5.41) is 0. The molecule has 0 amide bonds. The predicted octanol–water partition coefficient (Wildman–Crippen LogP) is 14.3. The van der Waals surface area contributed by atoms with Crippen LogP contribution in [0.1, 0.15) is 108 Å². The molecular formula is C59H68N4. The molecule has 2 heterocycles. The second-order valence-corrected chi connectivity index (χ2v) is 19.8. The van der Waals surface area contributed by atoms with Crippen LogP contribution in [-0.4, -0.2) is 54.0 Å². The maximum atomic E-state index is 2.52. The zero-order chi connectivity index (χ0) is 45.2. The highest BCUT2D eigenvalue weighted by Gasteiger charge is 2.40. The minimum Gasteiger partial charge on any atom is -0.352 e. The van der Waals surface area contributed by atoms with Crippen molar-refractivity contribution in [2.24, 2.45) is 5.92 Å². The molecule has 63 heavy (non-hydrogen) atoms. The molecule has 0 N–H and O–H groups in total. The Bertz CT molecular complexity index is 2730. The fourth-order valence-corrected chi connectivity index (χ4v) is 11.9. The summed E-state index contributed by atoms with van der Waals surface area (Å²) in [5.41, 5.74) is 26.1. The number of rotatable bonds is 8. The van der Waals surface area contributed by atoms with Gasteiger partial charge in [0.2, 0.25) is 0 Å². The minimum atomic E-state index is -0.00371. The van der Waals surface area contributed by atoms with Crippen molar-refractivity contribution in [2.75, 3.05) is 28.2 Å². The summed E-state index contributed by atoms with van der Waals surface area (Å²) >= 11 is 0. The van der Waals surface area contributed by atoms with Crippen molar-refractivity contribution in [3.05, 3.63) is 188 Å². The van der Waals surface area contributed by atoms with Crippen molar-refractivity contribution < 1.29 is 0 Å². The Kier molecular flexibility index (Phi) is 11.5. The Morgan fingerprint density at radius 1 is 0.413 bits per heavy atom. The van der Waals surface area contributed by atoms with E-state index in [0.717, 1.165) is 0 Å². The summed E-state index contributed by atoms with van der Waals surface area (Å²) in [6.07, 6.45) is 0.265. The van der Waals surface area contributed by atoms with Gasteiger partial charge in [-0.2, -0.15) is 0 Å². The smallest absolute Gasteiger partial charge is 0.128 e. The van der Waals surface area contributed by atoms with Gasteiger partial charge in [0, 0.05) is 50.4 Å². The van der Waals surface area contributed by atoms with E-state index in [0.29, 0.717) is 5.92 Å². The van der Waals surface area contributed by atoms with Gasteiger partial charge in [-0.1, -0.05) is 156 Å². The van der Waals surface area contributed by atoms with Crippen LogP contribution in [0, 0.1) is 47.5 Å². The lowest BCUT2D eigenvalue weighted by Gasteiger charge is -2.34. The first-order chi connectivity index (χ1) is 29.9. The third-order valence-electron chi connectivity index (χ3n) is 14.0. The molecular weight excluding hydrogens is 765 g/mol. The highest BCUT2D eigenvalue weighted by molar-refractivity contribution is 5.94. The van der Waals surface area contributed by atoms with E-state index < -0.39 is 0 Å². The van der Waals surface area contributed by atoms with Crippen molar-refractivity contribution >= 4 is 22.8 Å². The van der Waals surface area contributed by atoms with Crippen molar-refractivity contribution in [1.82, 2.24) is 19.6 Å². The molecule has 2 unspecified atom stereocenters. The van der Waals surface area contributed by atoms with E-state index in [1.165, 1.54) is 112 Å². The number of benzene rings is 6. The molecule has 0 bridgehead atoms. The van der Waals surface area contributed by atoms with E-state index in [4.69, 9.17) is 0 Å². The highest BCUT2D eigenvalue weighted by Crippen LogP contribution is 2.50. The van der Waals surface area contributed by atoms with E-state index in [9.17, 15) is 0 Å². The number of nitrogens with zero attached hydrogens (tertiary/aromatic N) is 4. The lowest BCUT2D eigenvalue weighted by molar-refractivity contribution is 0.161. The predicted molar refractivity (Wildman–Crippen MR) is 270 cm³/mol. The first-order valence-electron chi connectivity index (χ1n) is 22.9. The summed E-state index contributed by atoms with van der Waals surface area (Å²) in [6, 6.07) is 45.4. The van der Waals surface area contributed by atoms with Crippen molar-refractivity contribution in [3.63, 3.8) is 0 Å². The Morgan fingerprint density at radius 2 is 0.762 bits per heavy atom. The van der Waals surface area contributed by atoms with Gasteiger partial charge >= 0.3 is 0 Å². The Balaban J connectivity index is 1.20. The normalized spacial score (nSPS) is 17.0. The number of aryl methyl sites for hydroxylation is 4. The first-order valence-corrected chi connectivity index (χ1v) is 22.9. The molecule has 0 radical (unpaired) electrons. The molecule has 0 aromatic heterocycles. The largest absolute Gasteiger partial charge is 0.352 e. The van der Waals surface area contributed by atoms with Gasteiger partial charge in [-0.15, -0.1) is 0 Å². The van der Waals surface area contributed by atoms with E-state index in [1.54, 1.807) is 0 Å². The van der Waals surface area contributed by atoms with Gasteiger partial charge in [-0.05, 0) is 120 Å². The molecule has 0 saturated carbocycles. The maximum absolute atomic E-state index is 2.52. The molecule has 2 aliphatic heterocycles. The van der Waals surface area contributed by atoms with Gasteiger partial charge < -0.3 is 19.6 Å². The summed E-state index contributed by atoms with van der Waals surface area (Å²) in [5.74, 6) is 0.455. The molecule has 0 spiro atoms. The third kappa shape index (κ3) is 7.46. The molecule has 0 aliphatic carbocycles. The fraction of sp³-hybridized carbons (Fsp3) is 0.322. The maximum Gasteiger partial charge on any atom is 0.128 e. The molecule has 324 valence electrons. The SMILES string of the molecule is Cc1cc(C)c(C2N(C)C(c3ccccc3)=C(c3ccc(C4=C(c5ccccc5)N(C)C(C(C)C)N4C)cc3)N2C)c(C)c1-c1ccc(-c2c(C)cc(C)c(C(C)(C)C)c2C)cc1. The van der Waals surface area contributed by atoms with E-state index in [2.05, 4.69) is 245 Å². The molecule has 2 atom stereocenters. The highest BCUT2D eigenvalue weighted by atomic mass is 15.4. The zero-order valence-corrected chi connectivity index (χ0v) is 40.6. The molecule has 6 aromatic carbocycles. The van der Waals surface area contributed by atoms with Gasteiger partial charge in [-0.25, -0.2) is 0 Å². The summed E-state index contributed by atoms with van der Waals surface area (Å²) in [4.78, 5) is 9.97. The molecule has 4 heteroatoms. The van der Waals surface area contributed by atoms with Gasteiger partial charge in [0.05, 0.1) is 22.8 Å². The summed E-state index contributed by atoms with van der Waals surface area (Å²) in [6.45, 7) is 25.4. The van der Waals surface area contributed by atoms with E-state index in [1.807, 2.05) is 0 Å². The quantitative estimate of drug-likeness (QED) is 0.151. The first kappa shape index (κ1) is 43.6. The average Bonchev–Trinajstić information content (AvgIpc) is 3.65. The average molecular weight is 833 g/mol. The van der Waals surface area contributed by atoms with Gasteiger partial charge in [0.25, 0.3) is 0 Å². The second-order valence-electron chi connectivity index (χ2n) is 19.8. The van der Waals surface area contributed by atoms with Crippen LogP contribution in [0.5, 0.6) is 0 Å². The molecule has 2 aliphatic rings. The Hall–Kier alpha value is -6.00. The number of hydrogen-bond acceptors (Lipinski definition) is 4. The van der Waals surface area contributed by atoms with Crippen LogP contribution < -0.4 is 0 Å². The van der Waals surface area contributed by atoms with Crippen molar-refractivity contribution in [2.45, 2.75) is 93.9 Å². The monoisotopic (exact) mass is 833 g/mol. The van der Waals surface area contributed by atoms with Gasteiger partial charge in [0.1, 0.15) is 12.3 Å². The molecule has 0 fully saturated rings. The third-order valence-corrected chi connectivity index (χ3v) is 14.0. The van der Waals surface area contributed by atoms with Crippen LogP contribution in [-0.2, 0) is 5.41 Å². The molecule has 4 nitrogen and oxygen atoms in total. The van der Waals surface area contributed by atoms with Gasteiger partial charge in [0.15, 0.2) is 0 Å². The van der Waals surface area contributed by atoms with E-state index in [-0.39, 0.29) is 17.7 Å². The number of hydrogen-bond donors (Lipinski definition) is 0. The van der Waals surface area contributed by atoms with Crippen LogP contribution in [0.4, 0.5) is 0 Å². The Morgan fingerprint density at radius 3 is 1.16 bits per heavy atom. The standard InChI is InChI=1S/C59H68N4/c1-36(2)57-60(12)53(45-22-18-16-19-23-45)55(61(57)13)47-30-32-48(33-31-47)56-54(46-24-20-17-21-25-46)62(14)58(63(56)15)51-39(5)34-37(3)49(41(51)7)43-26-28-44(29-27-43)50-38(4)35-40(6)52(42(50)8)59(9,10)11/h16-36,57-58H,1-15H3. The minimum absolute atomic E-state index is 0.00371. The van der Waals surface area contributed by atoms with Crippen LogP contribution in [0.2, 0.25) is 0 Å². The van der Waals surface area contributed by atoms with E-state index >= 15 is 0 Å². The summed E-state index contributed by atoms with van der Waals surface area (Å²) < 4.78 is 0. The molecule has 8 rings (SSSR count). The topological polar surface area (TPSA) is 13.0 Å². The molecule has 0 saturated heterocycles. The van der Waals surface area contributed by atoms with Crippen LogP contribution >= 0.6 is 0 Å². The Labute approximate surface area is 379 Å². The molecule has 6 aromatic rings. The summed E-state index contributed by atoms with van der Waals surface area (Å²) in [7, 11) is 9.07. The van der Waals surface area contributed by atoms with Crippen LogP contribution in [0.3, 0.4) is 0 Å². The second kappa shape index (κ2) is 16.6. The van der Waals surface area contributed by atoms with Crippen LogP contribution in [0.25, 0.3) is 45.0 Å². The van der Waals surface area contributed by atoms with Crippen molar-refractivity contribution in [3.8, 4) is 22.3 Å². The fourth-order valence-electron chi connectivity index (χ4n) is 11.9. The van der Waals surface area contributed by atoms with Crippen molar-refractivity contribution in [1.29, 1.82) is 0 Å².